The molecule has 8 aromatic rings. The molecule has 7 aromatic carbocycles. The number of para-hydroxylation sites is 1. The summed E-state index contributed by atoms with van der Waals surface area (Å²) in [6.07, 6.45) is 0. The first-order valence-corrected chi connectivity index (χ1v) is 14.3. The van der Waals surface area contributed by atoms with E-state index in [9.17, 15) is 0 Å². The van der Waals surface area contributed by atoms with Gasteiger partial charge in [0, 0.05) is 26.3 Å². The smallest absolute Gasteiger partial charge is 0.0625 e. The Labute approximate surface area is 241 Å². The van der Waals surface area contributed by atoms with Crippen LogP contribution >= 0.6 is 15.9 Å². The number of aromatic nitrogens is 1. The van der Waals surface area contributed by atoms with Crippen molar-refractivity contribution in [2.24, 2.45) is 0 Å². The topological polar surface area (TPSA) is 4.93 Å². The van der Waals surface area contributed by atoms with E-state index in [1.807, 2.05) is 0 Å². The lowest BCUT2D eigenvalue weighted by Crippen LogP contribution is -1.94. The van der Waals surface area contributed by atoms with Crippen LogP contribution in [-0.4, -0.2) is 4.57 Å². The lowest BCUT2D eigenvalue weighted by Gasteiger charge is -2.12. The maximum absolute atomic E-state index is 3.63. The van der Waals surface area contributed by atoms with E-state index in [0.29, 0.717) is 0 Å². The number of hydrogen-bond acceptors (Lipinski definition) is 0. The Morgan fingerprint density at radius 3 is 1.70 bits per heavy atom. The summed E-state index contributed by atoms with van der Waals surface area (Å²) in [6, 6.07) is 52.7. The first-order chi connectivity index (χ1) is 19.8. The summed E-state index contributed by atoms with van der Waals surface area (Å²) in [7, 11) is 0. The average Bonchev–Trinajstić information content (AvgIpc) is 3.37. The molecule has 0 amide bonds. The molecule has 0 atom stereocenters. The third-order valence-electron chi connectivity index (χ3n) is 8.00. The number of halogens is 1. The summed E-state index contributed by atoms with van der Waals surface area (Å²) in [5.74, 6) is 0. The van der Waals surface area contributed by atoms with E-state index in [1.165, 1.54) is 71.3 Å². The van der Waals surface area contributed by atoms with Crippen LogP contribution in [0.1, 0.15) is 0 Å². The molecular weight excluding hydrogens is 550 g/mol. The van der Waals surface area contributed by atoms with Crippen LogP contribution in [0.25, 0.3) is 71.3 Å². The second kappa shape index (κ2) is 9.22. The Bertz CT molecular complexity index is 2220. The maximum atomic E-state index is 3.63. The van der Waals surface area contributed by atoms with Crippen molar-refractivity contribution < 1.29 is 0 Å². The second-order valence-corrected chi connectivity index (χ2v) is 11.2. The van der Waals surface area contributed by atoms with Crippen LogP contribution in [0.5, 0.6) is 0 Å². The van der Waals surface area contributed by atoms with E-state index in [4.69, 9.17) is 0 Å². The van der Waals surface area contributed by atoms with E-state index in [-0.39, 0.29) is 0 Å². The highest BCUT2D eigenvalue weighted by molar-refractivity contribution is 9.10. The summed E-state index contributed by atoms with van der Waals surface area (Å²) in [5.41, 5.74) is 8.49. The van der Waals surface area contributed by atoms with Crippen LogP contribution in [0, 0.1) is 0 Å². The molecule has 0 spiro atoms. The van der Waals surface area contributed by atoms with Crippen LogP contribution in [-0.2, 0) is 0 Å². The van der Waals surface area contributed by atoms with Crippen LogP contribution in [0.4, 0.5) is 0 Å². The summed E-state index contributed by atoms with van der Waals surface area (Å²) >= 11 is 3.63. The van der Waals surface area contributed by atoms with Gasteiger partial charge in [0.1, 0.15) is 0 Å². The molecule has 0 bridgehead atoms. The molecule has 8 rings (SSSR count). The van der Waals surface area contributed by atoms with Gasteiger partial charge in [0.25, 0.3) is 0 Å². The fourth-order valence-electron chi connectivity index (χ4n) is 6.25. The van der Waals surface area contributed by atoms with Crippen molar-refractivity contribution in [2.45, 2.75) is 0 Å². The number of fused-ring (bicyclic) bond motifs is 8. The molecule has 188 valence electrons. The summed E-state index contributed by atoms with van der Waals surface area (Å²) in [4.78, 5) is 0. The maximum Gasteiger partial charge on any atom is 0.0625 e. The van der Waals surface area contributed by atoms with Crippen molar-refractivity contribution in [3.8, 4) is 27.9 Å². The number of rotatable bonds is 3. The molecule has 0 radical (unpaired) electrons. The van der Waals surface area contributed by atoms with Gasteiger partial charge >= 0.3 is 0 Å². The second-order valence-electron chi connectivity index (χ2n) is 10.3. The van der Waals surface area contributed by atoms with Crippen LogP contribution in [0.2, 0.25) is 0 Å². The van der Waals surface area contributed by atoms with Gasteiger partial charge in [-0.05, 0) is 80.9 Å². The van der Waals surface area contributed by atoms with Gasteiger partial charge in [-0.3, -0.25) is 0 Å². The molecule has 0 aliphatic heterocycles. The van der Waals surface area contributed by atoms with Crippen molar-refractivity contribution >= 4 is 59.3 Å². The van der Waals surface area contributed by atoms with E-state index in [0.717, 1.165) is 4.47 Å². The molecule has 1 nitrogen and oxygen atoms in total. The summed E-state index contributed by atoms with van der Waals surface area (Å²) in [6.45, 7) is 0. The number of hydrogen-bond donors (Lipinski definition) is 0. The predicted octanol–water partition coefficient (Wildman–Crippen LogP) is 11.2. The first-order valence-electron chi connectivity index (χ1n) is 13.6. The lowest BCUT2D eigenvalue weighted by molar-refractivity contribution is 1.19. The van der Waals surface area contributed by atoms with Gasteiger partial charge < -0.3 is 4.57 Å². The zero-order chi connectivity index (χ0) is 26.6. The average molecular weight is 575 g/mol. The van der Waals surface area contributed by atoms with E-state index in [1.54, 1.807) is 0 Å². The van der Waals surface area contributed by atoms with E-state index < -0.39 is 0 Å². The third kappa shape index (κ3) is 3.61. The molecule has 0 unspecified atom stereocenters. The standard InChI is InChI=1S/C38H24BrN/c39-29-13-9-12-27(23-29)25-10-8-11-26(22-25)28-20-21-36-35(24-28)37-33-18-6-4-16-31(33)32-17-5-7-19-34(32)38(37)40(36)30-14-2-1-3-15-30/h1-24H. The van der Waals surface area contributed by atoms with Crippen LogP contribution < -0.4 is 0 Å². The Hall–Kier alpha value is -4.66. The lowest BCUT2D eigenvalue weighted by atomic mass is 9.95. The molecule has 0 fully saturated rings. The van der Waals surface area contributed by atoms with Crippen molar-refractivity contribution in [1.29, 1.82) is 0 Å². The fraction of sp³-hybridized carbons (Fsp3) is 0. The van der Waals surface area contributed by atoms with Crippen molar-refractivity contribution in [3.63, 3.8) is 0 Å². The minimum Gasteiger partial charge on any atom is -0.309 e. The van der Waals surface area contributed by atoms with E-state index >= 15 is 0 Å². The van der Waals surface area contributed by atoms with Gasteiger partial charge in [-0.2, -0.15) is 0 Å². The minimum absolute atomic E-state index is 1.09. The molecule has 0 aliphatic carbocycles. The monoisotopic (exact) mass is 573 g/mol. The molecule has 1 aromatic heterocycles. The van der Waals surface area contributed by atoms with Crippen molar-refractivity contribution in [2.75, 3.05) is 0 Å². The first kappa shape index (κ1) is 23.2. The quantitative estimate of drug-likeness (QED) is 0.185. The zero-order valence-electron chi connectivity index (χ0n) is 21.7. The van der Waals surface area contributed by atoms with Crippen molar-refractivity contribution in [1.82, 2.24) is 4.57 Å². The predicted molar refractivity (Wildman–Crippen MR) is 174 cm³/mol. The highest BCUT2D eigenvalue weighted by Gasteiger charge is 2.19. The largest absolute Gasteiger partial charge is 0.309 e. The third-order valence-corrected chi connectivity index (χ3v) is 8.50. The van der Waals surface area contributed by atoms with Crippen LogP contribution in [0.3, 0.4) is 0 Å². The van der Waals surface area contributed by atoms with Crippen molar-refractivity contribution in [3.05, 3.63) is 150 Å². The normalized spacial score (nSPS) is 11.6. The van der Waals surface area contributed by atoms with Gasteiger partial charge in [0.05, 0.1) is 11.0 Å². The molecule has 40 heavy (non-hydrogen) atoms. The molecule has 0 N–H and O–H groups in total. The van der Waals surface area contributed by atoms with Crippen LogP contribution in [0.15, 0.2) is 150 Å². The van der Waals surface area contributed by atoms with E-state index in [2.05, 4.69) is 166 Å². The highest BCUT2D eigenvalue weighted by Crippen LogP contribution is 2.43. The molecular formula is C38H24BrN. The van der Waals surface area contributed by atoms with Gasteiger partial charge in [0.2, 0.25) is 0 Å². The summed E-state index contributed by atoms with van der Waals surface area (Å²) in [5, 5.41) is 7.71. The number of nitrogens with zero attached hydrogens (tertiary/aromatic N) is 1. The SMILES string of the molecule is Brc1cccc(-c2cccc(-c3ccc4c(c3)c3c5ccccc5c5ccccc5c3n4-c3ccccc3)c2)c1. The minimum atomic E-state index is 1.09. The fourth-order valence-corrected chi connectivity index (χ4v) is 6.65. The van der Waals surface area contributed by atoms with Gasteiger partial charge in [0.15, 0.2) is 0 Å². The Kier molecular flexibility index (Phi) is 5.36. The molecule has 0 saturated heterocycles. The Balaban J connectivity index is 1.48. The molecule has 2 heteroatoms. The number of benzene rings is 7. The highest BCUT2D eigenvalue weighted by atomic mass is 79.9. The van der Waals surface area contributed by atoms with Gasteiger partial charge in [-0.1, -0.05) is 119 Å². The van der Waals surface area contributed by atoms with Gasteiger partial charge in [-0.15, -0.1) is 0 Å². The zero-order valence-corrected chi connectivity index (χ0v) is 23.3. The summed E-state index contributed by atoms with van der Waals surface area (Å²) < 4.78 is 3.53. The molecule has 1 heterocycles. The molecule has 0 aliphatic rings. The Morgan fingerprint density at radius 2 is 0.975 bits per heavy atom. The van der Waals surface area contributed by atoms with Gasteiger partial charge in [-0.25, -0.2) is 0 Å². The Morgan fingerprint density at radius 1 is 0.400 bits per heavy atom. The molecule has 0 saturated carbocycles.